The van der Waals surface area contributed by atoms with Crippen LogP contribution in [0.25, 0.3) is 0 Å². The van der Waals surface area contributed by atoms with Gasteiger partial charge in [0.05, 0.1) is 0 Å². The third kappa shape index (κ3) is 4.93. The monoisotopic (exact) mass is 308 g/mol. The molecule has 0 unspecified atom stereocenters. The maximum atomic E-state index is 10.9. The highest BCUT2D eigenvalue weighted by Crippen LogP contribution is 2.38. The second-order valence-corrected chi connectivity index (χ2v) is 5.63. The SMILES string of the molecule is CCCCCc1cc(CC)c(OC(=O)O)c(O)c1CCCC. The number of hydrogen-bond acceptors (Lipinski definition) is 3. The summed E-state index contributed by atoms with van der Waals surface area (Å²) in [6, 6.07) is 2.01. The molecular weight excluding hydrogens is 280 g/mol. The van der Waals surface area contributed by atoms with Crippen LogP contribution < -0.4 is 4.74 Å². The van der Waals surface area contributed by atoms with E-state index in [9.17, 15) is 9.90 Å². The Bertz CT molecular complexity index is 494. The molecule has 0 aliphatic heterocycles. The van der Waals surface area contributed by atoms with Gasteiger partial charge in [-0.3, -0.25) is 0 Å². The van der Waals surface area contributed by atoms with Crippen LogP contribution >= 0.6 is 0 Å². The molecule has 0 radical (unpaired) electrons. The third-order valence-corrected chi connectivity index (χ3v) is 3.93. The number of ether oxygens (including phenoxy) is 1. The molecular formula is C18H28O4. The van der Waals surface area contributed by atoms with E-state index in [-0.39, 0.29) is 11.5 Å². The Morgan fingerprint density at radius 2 is 1.73 bits per heavy atom. The van der Waals surface area contributed by atoms with Gasteiger partial charge in [0.2, 0.25) is 0 Å². The predicted octanol–water partition coefficient (Wildman–Crippen LogP) is 5.09. The zero-order chi connectivity index (χ0) is 16.5. The zero-order valence-corrected chi connectivity index (χ0v) is 13.9. The van der Waals surface area contributed by atoms with Crippen molar-refractivity contribution in [2.24, 2.45) is 0 Å². The van der Waals surface area contributed by atoms with Crippen molar-refractivity contribution in [2.45, 2.75) is 72.1 Å². The Labute approximate surface area is 133 Å². The number of unbranched alkanes of at least 4 members (excludes halogenated alkanes) is 3. The van der Waals surface area contributed by atoms with E-state index >= 15 is 0 Å². The molecule has 0 spiro atoms. The molecule has 0 saturated carbocycles. The molecule has 1 rings (SSSR count). The second-order valence-electron chi connectivity index (χ2n) is 5.63. The molecule has 0 atom stereocenters. The lowest BCUT2D eigenvalue weighted by molar-refractivity contribution is 0.142. The molecule has 22 heavy (non-hydrogen) atoms. The normalized spacial score (nSPS) is 10.7. The molecule has 1 aromatic rings. The smallest absolute Gasteiger partial charge is 0.504 e. The first kappa shape index (κ1) is 18.3. The minimum Gasteiger partial charge on any atom is -0.504 e. The lowest BCUT2D eigenvalue weighted by Crippen LogP contribution is -2.08. The maximum absolute atomic E-state index is 10.9. The van der Waals surface area contributed by atoms with E-state index in [1.165, 1.54) is 0 Å². The van der Waals surface area contributed by atoms with Crippen LogP contribution in [0.4, 0.5) is 4.79 Å². The highest BCUT2D eigenvalue weighted by molar-refractivity contribution is 5.66. The standard InChI is InChI=1S/C18H28O4/c1-4-7-9-10-14-12-13(6-3)17(22-18(20)21)16(19)15(14)11-8-5-2/h12,19H,4-11H2,1-3H3,(H,20,21). The number of benzene rings is 1. The quantitative estimate of drug-likeness (QED) is 0.379. The van der Waals surface area contributed by atoms with Crippen LogP contribution in [0.3, 0.4) is 0 Å². The van der Waals surface area contributed by atoms with Gasteiger partial charge in [0.25, 0.3) is 0 Å². The van der Waals surface area contributed by atoms with Gasteiger partial charge in [-0.05, 0) is 43.2 Å². The lowest BCUT2D eigenvalue weighted by Gasteiger charge is -2.17. The fourth-order valence-corrected chi connectivity index (χ4v) is 2.69. The molecule has 4 nitrogen and oxygen atoms in total. The van der Waals surface area contributed by atoms with E-state index in [2.05, 4.69) is 13.8 Å². The van der Waals surface area contributed by atoms with Crippen molar-refractivity contribution in [3.63, 3.8) is 0 Å². The van der Waals surface area contributed by atoms with E-state index in [0.717, 1.165) is 61.6 Å². The summed E-state index contributed by atoms with van der Waals surface area (Å²) in [6.45, 7) is 6.20. The lowest BCUT2D eigenvalue weighted by atomic mass is 9.93. The topological polar surface area (TPSA) is 66.8 Å². The van der Waals surface area contributed by atoms with Gasteiger partial charge in [0.1, 0.15) is 0 Å². The predicted molar refractivity (Wildman–Crippen MR) is 88.0 cm³/mol. The first-order chi connectivity index (χ1) is 10.5. The molecule has 2 N–H and O–H groups in total. The molecule has 0 saturated heterocycles. The van der Waals surface area contributed by atoms with Crippen LogP contribution in [0, 0.1) is 0 Å². The number of aryl methyl sites for hydroxylation is 2. The third-order valence-electron chi connectivity index (χ3n) is 3.93. The molecule has 4 heteroatoms. The van der Waals surface area contributed by atoms with Gasteiger partial charge in [0, 0.05) is 5.56 Å². The van der Waals surface area contributed by atoms with Gasteiger partial charge in [-0.2, -0.15) is 0 Å². The van der Waals surface area contributed by atoms with Gasteiger partial charge < -0.3 is 14.9 Å². The molecule has 0 aliphatic rings. The van der Waals surface area contributed by atoms with Crippen molar-refractivity contribution in [2.75, 3.05) is 0 Å². The van der Waals surface area contributed by atoms with Crippen molar-refractivity contribution in [1.29, 1.82) is 0 Å². The van der Waals surface area contributed by atoms with Gasteiger partial charge in [-0.1, -0.05) is 46.1 Å². The van der Waals surface area contributed by atoms with Gasteiger partial charge in [-0.15, -0.1) is 0 Å². The molecule has 0 amide bonds. The summed E-state index contributed by atoms with van der Waals surface area (Å²) < 4.78 is 4.83. The van der Waals surface area contributed by atoms with E-state index in [1.54, 1.807) is 0 Å². The van der Waals surface area contributed by atoms with E-state index in [4.69, 9.17) is 9.84 Å². The summed E-state index contributed by atoms with van der Waals surface area (Å²) in [6.07, 6.45) is 6.29. The van der Waals surface area contributed by atoms with Gasteiger partial charge in [0.15, 0.2) is 11.5 Å². The molecule has 0 fully saturated rings. The summed E-state index contributed by atoms with van der Waals surface area (Å²) in [4.78, 5) is 10.9. The van der Waals surface area contributed by atoms with Crippen LogP contribution in [-0.2, 0) is 19.3 Å². The number of carboxylic acid groups (broad SMARTS) is 1. The van der Waals surface area contributed by atoms with E-state index in [1.807, 2.05) is 13.0 Å². The number of hydrogen-bond donors (Lipinski definition) is 2. The van der Waals surface area contributed by atoms with E-state index < -0.39 is 6.16 Å². The summed E-state index contributed by atoms with van der Waals surface area (Å²) in [5, 5.41) is 19.4. The average Bonchev–Trinajstić information content (AvgIpc) is 2.49. The Balaban J connectivity index is 3.22. The van der Waals surface area contributed by atoms with Crippen LogP contribution in [0.5, 0.6) is 11.5 Å². The number of carbonyl (C=O) groups is 1. The Kier molecular flexibility index (Phi) is 7.78. The molecule has 124 valence electrons. The molecule has 0 bridgehead atoms. The largest absolute Gasteiger partial charge is 0.511 e. The highest BCUT2D eigenvalue weighted by Gasteiger charge is 2.19. The van der Waals surface area contributed by atoms with Crippen molar-refractivity contribution in [3.8, 4) is 11.5 Å². The Morgan fingerprint density at radius 3 is 2.27 bits per heavy atom. The van der Waals surface area contributed by atoms with Crippen LogP contribution in [0.15, 0.2) is 6.07 Å². The van der Waals surface area contributed by atoms with Crippen LogP contribution in [0.1, 0.15) is 69.6 Å². The number of rotatable bonds is 9. The van der Waals surface area contributed by atoms with Crippen molar-refractivity contribution in [1.82, 2.24) is 0 Å². The minimum atomic E-state index is -1.38. The fourth-order valence-electron chi connectivity index (χ4n) is 2.69. The van der Waals surface area contributed by atoms with Crippen LogP contribution in [0.2, 0.25) is 0 Å². The van der Waals surface area contributed by atoms with Crippen molar-refractivity contribution >= 4 is 6.16 Å². The van der Waals surface area contributed by atoms with Gasteiger partial charge >= 0.3 is 6.16 Å². The van der Waals surface area contributed by atoms with Crippen molar-refractivity contribution < 1.29 is 19.7 Å². The summed E-state index contributed by atoms with van der Waals surface area (Å²) in [7, 11) is 0. The Morgan fingerprint density at radius 1 is 1.05 bits per heavy atom. The second kappa shape index (κ2) is 9.34. The Hall–Kier alpha value is -1.71. The van der Waals surface area contributed by atoms with E-state index in [0.29, 0.717) is 6.42 Å². The number of aromatic hydroxyl groups is 1. The van der Waals surface area contributed by atoms with Crippen LogP contribution in [-0.4, -0.2) is 16.4 Å². The maximum Gasteiger partial charge on any atom is 0.511 e. The average molecular weight is 308 g/mol. The molecule has 1 aromatic carbocycles. The summed E-state index contributed by atoms with van der Waals surface area (Å²) in [5.74, 6) is 0.127. The highest BCUT2D eigenvalue weighted by atomic mass is 16.7. The minimum absolute atomic E-state index is 0.0155. The zero-order valence-electron chi connectivity index (χ0n) is 13.9. The van der Waals surface area contributed by atoms with Gasteiger partial charge in [-0.25, -0.2) is 4.79 Å². The fraction of sp³-hybridized carbons (Fsp3) is 0.611. The molecule has 0 heterocycles. The molecule has 0 aromatic heterocycles. The first-order valence-corrected chi connectivity index (χ1v) is 8.32. The molecule has 0 aliphatic carbocycles. The first-order valence-electron chi connectivity index (χ1n) is 8.32. The van der Waals surface area contributed by atoms with Crippen molar-refractivity contribution in [3.05, 3.63) is 22.8 Å². The summed E-state index contributed by atoms with van der Waals surface area (Å²) in [5.41, 5.74) is 2.74. The number of phenols is 1. The summed E-state index contributed by atoms with van der Waals surface area (Å²) >= 11 is 0. The number of phenolic OH excluding ortho intramolecular Hbond substituents is 1.